The van der Waals surface area contributed by atoms with E-state index in [1.807, 2.05) is 66.5 Å². The van der Waals surface area contributed by atoms with Crippen molar-refractivity contribution in [1.29, 1.82) is 0 Å². The predicted octanol–water partition coefficient (Wildman–Crippen LogP) is 2.70. The van der Waals surface area contributed by atoms with Gasteiger partial charge in [0.15, 0.2) is 0 Å². The quantitative estimate of drug-likeness (QED) is 0.923. The van der Waals surface area contributed by atoms with Crippen molar-refractivity contribution in [3.63, 3.8) is 0 Å². The molecule has 0 bridgehead atoms. The maximum atomic E-state index is 12.6. The molecule has 0 aromatic heterocycles. The van der Waals surface area contributed by atoms with Gasteiger partial charge in [-0.05, 0) is 36.7 Å². The van der Waals surface area contributed by atoms with E-state index in [1.54, 1.807) is 0 Å². The van der Waals surface area contributed by atoms with E-state index in [9.17, 15) is 4.79 Å². The molecule has 0 aliphatic carbocycles. The summed E-state index contributed by atoms with van der Waals surface area (Å²) in [6.45, 7) is 2.34. The first-order chi connectivity index (χ1) is 11.2. The van der Waals surface area contributed by atoms with Crippen molar-refractivity contribution in [3.8, 4) is 5.75 Å². The number of amides is 1. The van der Waals surface area contributed by atoms with Crippen molar-refractivity contribution in [2.75, 3.05) is 20.1 Å². The second-order valence-corrected chi connectivity index (χ2v) is 5.86. The molecule has 1 aliphatic rings. The summed E-state index contributed by atoms with van der Waals surface area (Å²) >= 11 is 0. The fourth-order valence-electron chi connectivity index (χ4n) is 2.80. The van der Waals surface area contributed by atoms with Gasteiger partial charge in [-0.3, -0.25) is 4.79 Å². The molecule has 4 nitrogen and oxygen atoms in total. The molecule has 1 amide bonds. The van der Waals surface area contributed by atoms with Crippen LogP contribution in [0.25, 0.3) is 0 Å². The number of hydrogen-bond acceptors (Lipinski definition) is 3. The lowest BCUT2D eigenvalue weighted by Crippen LogP contribution is -2.38. The monoisotopic (exact) mass is 310 g/mol. The third-order valence-corrected chi connectivity index (χ3v) is 4.23. The Morgan fingerprint density at radius 1 is 1.22 bits per heavy atom. The van der Waals surface area contributed by atoms with Gasteiger partial charge in [0.2, 0.25) is 0 Å². The van der Waals surface area contributed by atoms with Crippen LogP contribution in [-0.2, 0) is 6.61 Å². The molecule has 0 spiro atoms. The second-order valence-electron chi connectivity index (χ2n) is 5.86. The lowest BCUT2D eigenvalue weighted by atomic mass is 10.1. The normalized spacial score (nSPS) is 17.0. The number of hydrogen-bond donors (Lipinski definition) is 1. The van der Waals surface area contributed by atoms with Crippen LogP contribution in [0.15, 0.2) is 54.6 Å². The lowest BCUT2D eigenvalue weighted by Gasteiger charge is -2.24. The summed E-state index contributed by atoms with van der Waals surface area (Å²) in [5.41, 5.74) is 1.78. The molecule has 1 unspecified atom stereocenters. The van der Waals surface area contributed by atoms with Gasteiger partial charge in [0.1, 0.15) is 12.4 Å². The molecule has 120 valence electrons. The van der Waals surface area contributed by atoms with Crippen LogP contribution in [0.3, 0.4) is 0 Å². The Labute approximate surface area is 137 Å². The highest BCUT2D eigenvalue weighted by Gasteiger charge is 2.24. The third-order valence-electron chi connectivity index (χ3n) is 4.23. The highest BCUT2D eigenvalue weighted by atomic mass is 16.5. The molecular weight excluding hydrogens is 288 g/mol. The van der Waals surface area contributed by atoms with Crippen LogP contribution in [0.2, 0.25) is 0 Å². The van der Waals surface area contributed by atoms with Crippen molar-refractivity contribution in [3.05, 3.63) is 65.7 Å². The number of carbonyl (C=O) groups excluding carboxylic acids is 1. The summed E-state index contributed by atoms with van der Waals surface area (Å²) in [7, 11) is 1.87. The molecule has 2 aromatic rings. The molecular formula is C19H22N2O2. The van der Waals surface area contributed by atoms with Crippen LogP contribution in [0.4, 0.5) is 0 Å². The Morgan fingerprint density at radius 2 is 2.04 bits per heavy atom. The van der Waals surface area contributed by atoms with E-state index in [2.05, 4.69) is 5.32 Å². The van der Waals surface area contributed by atoms with Crippen molar-refractivity contribution in [2.45, 2.75) is 19.1 Å². The van der Waals surface area contributed by atoms with E-state index in [4.69, 9.17) is 4.74 Å². The number of carbonyl (C=O) groups is 1. The van der Waals surface area contributed by atoms with Gasteiger partial charge in [0.05, 0.1) is 0 Å². The van der Waals surface area contributed by atoms with Gasteiger partial charge in [-0.25, -0.2) is 0 Å². The van der Waals surface area contributed by atoms with E-state index < -0.39 is 0 Å². The molecule has 1 atom stereocenters. The Morgan fingerprint density at radius 3 is 2.78 bits per heavy atom. The number of likely N-dealkylation sites (N-methyl/N-ethyl adjacent to an activating group) is 1. The van der Waals surface area contributed by atoms with E-state index >= 15 is 0 Å². The summed E-state index contributed by atoms with van der Waals surface area (Å²) in [6, 6.07) is 17.7. The van der Waals surface area contributed by atoms with Crippen molar-refractivity contribution in [2.24, 2.45) is 0 Å². The fourth-order valence-corrected chi connectivity index (χ4v) is 2.80. The SMILES string of the molecule is CN(C(=O)c1cccc(OCc2ccccc2)c1)C1CCNC1. The van der Waals surface area contributed by atoms with Crippen LogP contribution in [0, 0.1) is 0 Å². The average Bonchev–Trinajstić information content (AvgIpc) is 3.14. The van der Waals surface area contributed by atoms with Gasteiger partial charge in [0.25, 0.3) is 5.91 Å². The molecule has 1 heterocycles. The molecule has 3 rings (SSSR count). The zero-order chi connectivity index (χ0) is 16.1. The van der Waals surface area contributed by atoms with Crippen molar-refractivity contribution < 1.29 is 9.53 Å². The predicted molar refractivity (Wildman–Crippen MR) is 90.6 cm³/mol. The average molecular weight is 310 g/mol. The van der Waals surface area contributed by atoms with E-state index in [-0.39, 0.29) is 11.9 Å². The maximum absolute atomic E-state index is 12.6. The molecule has 1 aliphatic heterocycles. The molecule has 2 aromatic carbocycles. The zero-order valence-electron chi connectivity index (χ0n) is 13.4. The smallest absolute Gasteiger partial charge is 0.254 e. The Balaban J connectivity index is 1.65. The van der Waals surface area contributed by atoms with Gasteiger partial charge in [0, 0.05) is 25.2 Å². The first-order valence-electron chi connectivity index (χ1n) is 7.99. The van der Waals surface area contributed by atoms with Crippen molar-refractivity contribution in [1.82, 2.24) is 10.2 Å². The molecule has 1 fully saturated rings. The summed E-state index contributed by atoms with van der Waals surface area (Å²) in [5, 5.41) is 3.29. The standard InChI is InChI=1S/C19H22N2O2/c1-21(17-10-11-20-13-17)19(22)16-8-5-9-18(12-16)23-14-15-6-3-2-4-7-15/h2-9,12,17,20H,10-11,13-14H2,1H3. The highest BCUT2D eigenvalue weighted by molar-refractivity contribution is 5.94. The maximum Gasteiger partial charge on any atom is 0.254 e. The molecule has 1 N–H and O–H groups in total. The van der Waals surface area contributed by atoms with Crippen molar-refractivity contribution >= 4 is 5.91 Å². The number of ether oxygens (including phenoxy) is 1. The van der Waals surface area contributed by atoms with Gasteiger partial charge in [-0.2, -0.15) is 0 Å². The number of rotatable bonds is 5. The van der Waals surface area contributed by atoms with Crippen LogP contribution in [-0.4, -0.2) is 37.0 Å². The summed E-state index contributed by atoms with van der Waals surface area (Å²) in [4.78, 5) is 14.4. The van der Waals surface area contributed by atoms with E-state index in [0.29, 0.717) is 12.2 Å². The molecule has 0 radical (unpaired) electrons. The van der Waals surface area contributed by atoms with Crippen LogP contribution >= 0.6 is 0 Å². The van der Waals surface area contributed by atoms with Crippen LogP contribution in [0.1, 0.15) is 22.3 Å². The summed E-state index contributed by atoms with van der Waals surface area (Å²) in [5.74, 6) is 0.765. The topological polar surface area (TPSA) is 41.6 Å². The zero-order valence-corrected chi connectivity index (χ0v) is 13.4. The number of benzene rings is 2. The van der Waals surface area contributed by atoms with Gasteiger partial charge in [-0.15, -0.1) is 0 Å². The van der Waals surface area contributed by atoms with Gasteiger partial charge < -0.3 is 15.0 Å². The third kappa shape index (κ3) is 3.90. The summed E-state index contributed by atoms with van der Waals surface area (Å²) in [6.07, 6.45) is 1.01. The minimum Gasteiger partial charge on any atom is -0.489 e. The van der Waals surface area contributed by atoms with Crippen LogP contribution in [0.5, 0.6) is 5.75 Å². The van der Waals surface area contributed by atoms with Crippen LogP contribution < -0.4 is 10.1 Å². The Kier molecular flexibility index (Phi) is 4.93. The second kappa shape index (κ2) is 7.29. The first kappa shape index (κ1) is 15.6. The van der Waals surface area contributed by atoms with Gasteiger partial charge in [-0.1, -0.05) is 36.4 Å². The van der Waals surface area contributed by atoms with E-state index in [0.717, 1.165) is 30.8 Å². The van der Waals surface area contributed by atoms with Gasteiger partial charge >= 0.3 is 0 Å². The lowest BCUT2D eigenvalue weighted by molar-refractivity contribution is 0.0743. The van der Waals surface area contributed by atoms with E-state index in [1.165, 1.54) is 0 Å². The highest BCUT2D eigenvalue weighted by Crippen LogP contribution is 2.18. The molecule has 23 heavy (non-hydrogen) atoms. The Hall–Kier alpha value is -2.33. The number of nitrogens with zero attached hydrogens (tertiary/aromatic N) is 1. The largest absolute Gasteiger partial charge is 0.489 e. The first-order valence-corrected chi connectivity index (χ1v) is 7.99. The molecule has 0 saturated carbocycles. The fraction of sp³-hybridized carbons (Fsp3) is 0.316. The molecule has 4 heteroatoms. The Bertz CT molecular complexity index is 651. The summed E-state index contributed by atoms with van der Waals surface area (Å²) < 4.78 is 5.81. The minimum atomic E-state index is 0.0452. The molecule has 1 saturated heterocycles. The minimum absolute atomic E-state index is 0.0452. The number of nitrogens with one attached hydrogen (secondary N) is 1.